The number of rotatable bonds is 15. The lowest BCUT2D eigenvalue weighted by Gasteiger charge is -2.25. The number of nitrogens with two attached hydrogens (primary N) is 3. The van der Waals surface area contributed by atoms with Crippen molar-refractivity contribution in [1.29, 1.82) is 0 Å². The number of carbonyl (C=O) groups is 4. The number of carbonyl (C=O) groups excluding carboxylic acids is 3. The second kappa shape index (κ2) is 15.3. The van der Waals surface area contributed by atoms with Crippen LogP contribution in [0.3, 0.4) is 0 Å². The van der Waals surface area contributed by atoms with E-state index in [4.69, 9.17) is 17.2 Å². The molecule has 0 spiro atoms. The summed E-state index contributed by atoms with van der Waals surface area (Å²) in [6.07, 6.45) is 1.37. The molecule has 0 aromatic rings. The molecule has 32 heavy (non-hydrogen) atoms. The SMILES string of the molecule is CSCCC(N)C(=O)NC(C(=O)NC(C)C(=O)NC(CCCN=C(N)N)C(=O)O)C(C)O. The fourth-order valence-electron chi connectivity index (χ4n) is 2.47. The van der Waals surface area contributed by atoms with Gasteiger partial charge < -0.3 is 43.4 Å². The van der Waals surface area contributed by atoms with Gasteiger partial charge in [0.2, 0.25) is 17.7 Å². The summed E-state index contributed by atoms with van der Waals surface area (Å²) in [5.41, 5.74) is 16.2. The molecule has 5 atom stereocenters. The average molecular weight is 478 g/mol. The Balaban J connectivity index is 4.90. The normalized spacial score (nSPS) is 15.4. The summed E-state index contributed by atoms with van der Waals surface area (Å²) in [5.74, 6) is -2.90. The summed E-state index contributed by atoms with van der Waals surface area (Å²) >= 11 is 1.51. The highest BCUT2D eigenvalue weighted by molar-refractivity contribution is 7.98. The van der Waals surface area contributed by atoms with Crippen LogP contribution in [0.2, 0.25) is 0 Å². The van der Waals surface area contributed by atoms with E-state index in [2.05, 4.69) is 20.9 Å². The van der Waals surface area contributed by atoms with E-state index in [0.717, 1.165) is 0 Å². The number of guanidine groups is 1. The second-order valence-corrected chi connectivity index (χ2v) is 8.18. The Kier molecular flexibility index (Phi) is 14.0. The van der Waals surface area contributed by atoms with E-state index in [1.54, 1.807) is 0 Å². The van der Waals surface area contributed by atoms with Gasteiger partial charge in [0.1, 0.15) is 18.1 Å². The summed E-state index contributed by atoms with van der Waals surface area (Å²) < 4.78 is 0. The number of aliphatic carboxylic acids is 1. The van der Waals surface area contributed by atoms with Crippen LogP contribution in [0.4, 0.5) is 0 Å². The Morgan fingerprint density at radius 3 is 2.12 bits per heavy atom. The number of carboxylic acid groups (broad SMARTS) is 1. The zero-order valence-corrected chi connectivity index (χ0v) is 19.4. The molecule has 0 heterocycles. The molecule has 0 saturated carbocycles. The molecule has 0 fully saturated rings. The van der Waals surface area contributed by atoms with Crippen molar-refractivity contribution in [3.63, 3.8) is 0 Å². The highest BCUT2D eigenvalue weighted by atomic mass is 32.2. The highest BCUT2D eigenvalue weighted by Crippen LogP contribution is 2.02. The Morgan fingerprint density at radius 2 is 1.62 bits per heavy atom. The minimum Gasteiger partial charge on any atom is -0.480 e. The first-order valence-corrected chi connectivity index (χ1v) is 11.4. The van der Waals surface area contributed by atoms with Crippen molar-refractivity contribution in [2.45, 2.75) is 63.4 Å². The van der Waals surface area contributed by atoms with E-state index in [1.165, 1.54) is 25.6 Å². The molecule has 0 bridgehead atoms. The maximum atomic E-state index is 12.5. The van der Waals surface area contributed by atoms with E-state index in [9.17, 15) is 29.4 Å². The minimum atomic E-state index is -1.34. The molecular formula is C18H35N7O6S. The number of thioether (sulfide) groups is 1. The topological polar surface area (TPSA) is 235 Å². The number of aliphatic hydroxyl groups excluding tert-OH is 1. The number of hydrogen-bond acceptors (Lipinski definition) is 8. The molecule has 0 aromatic heterocycles. The lowest BCUT2D eigenvalue weighted by molar-refractivity contribution is -0.142. The molecule has 0 aliphatic rings. The third kappa shape index (κ3) is 11.7. The average Bonchev–Trinajstić information content (AvgIpc) is 2.70. The van der Waals surface area contributed by atoms with Crippen molar-refractivity contribution >= 4 is 41.4 Å². The van der Waals surface area contributed by atoms with Crippen molar-refractivity contribution in [2.24, 2.45) is 22.2 Å². The number of hydrogen-bond donors (Lipinski definition) is 8. The fraction of sp³-hybridized carbons (Fsp3) is 0.722. The van der Waals surface area contributed by atoms with Crippen molar-refractivity contribution in [1.82, 2.24) is 16.0 Å². The summed E-state index contributed by atoms with van der Waals surface area (Å²) in [5, 5.41) is 26.2. The van der Waals surface area contributed by atoms with E-state index in [-0.39, 0.29) is 18.9 Å². The van der Waals surface area contributed by atoms with Gasteiger partial charge in [-0.1, -0.05) is 0 Å². The first-order valence-electron chi connectivity index (χ1n) is 10.0. The van der Waals surface area contributed by atoms with Gasteiger partial charge in [-0.05, 0) is 45.1 Å². The van der Waals surface area contributed by atoms with Crippen LogP contribution in [0.25, 0.3) is 0 Å². The van der Waals surface area contributed by atoms with E-state index in [0.29, 0.717) is 18.6 Å². The van der Waals surface area contributed by atoms with Crippen molar-refractivity contribution < 1.29 is 29.4 Å². The van der Waals surface area contributed by atoms with Crippen molar-refractivity contribution in [2.75, 3.05) is 18.6 Å². The fourth-order valence-corrected chi connectivity index (χ4v) is 2.96. The quantitative estimate of drug-likeness (QED) is 0.0678. The zero-order chi connectivity index (χ0) is 24.8. The van der Waals surface area contributed by atoms with Gasteiger partial charge in [0, 0.05) is 6.54 Å². The largest absolute Gasteiger partial charge is 0.480 e. The predicted octanol–water partition coefficient (Wildman–Crippen LogP) is -2.94. The van der Waals surface area contributed by atoms with Gasteiger partial charge in [-0.3, -0.25) is 19.4 Å². The van der Waals surface area contributed by atoms with Gasteiger partial charge in [0.25, 0.3) is 0 Å². The Morgan fingerprint density at radius 1 is 1.00 bits per heavy atom. The summed E-state index contributed by atoms with van der Waals surface area (Å²) in [6.45, 7) is 2.85. The maximum Gasteiger partial charge on any atom is 0.326 e. The predicted molar refractivity (Wildman–Crippen MR) is 122 cm³/mol. The molecule has 0 radical (unpaired) electrons. The number of carboxylic acids is 1. The van der Waals surface area contributed by atoms with Crippen molar-refractivity contribution in [3.05, 3.63) is 0 Å². The standard InChI is InChI=1S/C18H35N7O6S/c1-9(14(27)24-12(17(30)31)5-4-7-22-18(20)21)23-16(29)13(10(2)26)25-15(28)11(19)6-8-32-3/h9-13,26H,4-8,19H2,1-3H3,(H,23,29)(H,24,27)(H,25,28)(H,30,31)(H4,20,21,22). The van der Waals surface area contributed by atoms with E-state index >= 15 is 0 Å². The summed E-state index contributed by atoms with van der Waals surface area (Å²) in [6, 6.07) is -4.54. The number of amides is 3. The smallest absolute Gasteiger partial charge is 0.326 e. The first-order chi connectivity index (χ1) is 14.9. The zero-order valence-electron chi connectivity index (χ0n) is 18.5. The molecule has 0 aliphatic heterocycles. The van der Waals surface area contributed by atoms with Gasteiger partial charge in [-0.25, -0.2) is 4.79 Å². The van der Waals surface area contributed by atoms with E-state index in [1.807, 2.05) is 6.26 Å². The molecule has 0 aliphatic carbocycles. The molecule has 0 aromatic carbocycles. The van der Waals surface area contributed by atoms with Gasteiger partial charge in [0.15, 0.2) is 5.96 Å². The number of nitrogens with zero attached hydrogens (tertiary/aromatic N) is 1. The van der Waals surface area contributed by atoms with Crippen LogP contribution in [0.15, 0.2) is 4.99 Å². The van der Waals surface area contributed by atoms with Crippen LogP contribution >= 0.6 is 11.8 Å². The molecule has 3 amide bonds. The van der Waals surface area contributed by atoms with Crippen LogP contribution < -0.4 is 33.2 Å². The van der Waals surface area contributed by atoms with Gasteiger partial charge >= 0.3 is 5.97 Å². The van der Waals surface area contributed by atoms with Crippen molar-refractivity contribution in [3.8, 4) is 0 Å². The molecule has 184 valence electrons. The molecule has 11 N–H and O–H groups in total. The van der Waals surface area contributed by atoms with Gasteiger partial charge in [0.05, 0.1) is 12.1 Å². The lowest BCUT2D eigenvalue weighted by Crippen LogP contribution is -2.59. The first kappa shape index (κ1) is 29.4. The molecule has 13 nitrogen and oxygen atoms in total. The highest BCUT2D eigenvalue weighted by Gasteiger charge is 2.30. The maximum absolute atomic E-state index is 12.5. The number of aliphatic imine (C=N–C) groups is 1. The van der Waals surface area contributed by atoms with E-state index < -0.39 is 54.0 Å². The Labute approximate surface area is 191 Å². The van der Waals surface area contributed by atoms with Crippen LogP contribution in [0, 0.1) is 0 Å². The van der Waals surface area contributed by atoms with Gasteiger partial charge in [-0.2, -0.15) is 11.8 Å². The molecule has 0 rings (SSSR count). The number of aliphatic hydroxyl groups is 1. The minimum absolute atomic E-state index is 0.0683. The molecular weight excluding hydrogens is 442 g/mol. The molecule has 14 heteroatoms. The second-order valence-electron chi connectivity index (χ2n) is 7.19. The van der Waals surface area contributed by atoms with Crippen LogP contribution in [0.1, 0.15) is 33.1 Å². The Bertz CT molecular complexity index is 672. The van der Waals surface area contributed by atoms with Gasteiger partial charge in [-0.15, -0.1) is 0 Å². The molecule has 5 unspecified atom stereocenters. The summed E-state index contributed by atoms with van der Waals surface area (Å²) in [7, 11) is 0. The van der Waals surface area contributed by atoms with Crippen LogP contribution in [0.5, 0.6) is 0 Å². The Hall–Kier alpha value is -2.58. The molecule has 0 saturated heterocycles. The summed E-state index contributed by atoms with van der Waals surface area (Å²) in [4.78, 5) is 52.1. The third-order valence-corrected chi connectivity index (χ3v) is 4.99. The third-order valence-electron chi connectivity index (χ3n) is 4.34. The van der Waals surface area contributed by atoms with Crippen LogP contribution in [-0.2, 0) is 19.2 Å². The van der Waals surface area contributed by atoms with Crippen LogP contribution in [-0.4, -0.2) is 88.7 Å². The lowest BCUT2D eigenvalue weighted by atomic mass is 10.1. The monoisotopic (exact) mass is 477 g/mol. The number of nitrogens with one attached hydrogen (secondary N) is 3.